The summed E-state index contributed by atoms with van der Waals surface area (Å²) in [6, 6.07) is 1.75. The fraction of sp³-hybridized carbons (Fsp3) is 0.286. The zero-order valence-corrected chi connectivity index (χ0v) is 8.64. The normalized spacial score (nSPS) is 8.91. The van der Waals surface area contributed by atoms with Crippen LogP contribution in [0.15, 0.2) is 12.3 Å². The largest absolute Gasteiger partial charge is 0.398 e. The van der Waals surface area contributed by atoms with Gasteiger partial charge >= 0.3 is 0 Å². The van der Waals surface area contributed by atoms with Gasteiger partial charge in [0.1, 0.15) is 5.15 Å². The van der Waals surface area contributed by atoms with E-state index in [4.69, 9.17) is 17.3 Å². The molecule has 4 heteroatoms. The number of nitrogens with two attached hydrogens (primary N) is 1. The maximum atomic E-state index is 5.74. The minimum absolute atomic E-state index is 0. The Hall–Kier alpha value is -0.330. The van der Waals surface area contributed by atoms with E-state index in [0.29, 0.717) is 5.15 Å². The quantitative estimate of drug-likeness (QED) is 0.543. The van der Waals surface area contributed by atoms with Gasteiger partial charge in [-0.05, 0) is 12.5 Å². The second kappa shape index (κ2) is 4.53. The van der Waals surface area contributed by atoms with Crippen LogP contribution in [-0.4, -0.2) is 4.98 Å². The number of hydrogen-bond donors (Lipinski definition) is 1. The van der Waals surface area contributed by atoms with E-state index in [1.54, 1.807) is 12.3 Å². The van der Waals surface area contributed by atoms with Gasteiger partial charge in [-0.15, -0.1) is 0 Å². The van der Waals surface area contributed by atoms with Crippen LogP contribution in [0.3, 0.4) is 0 Å². The fourth-order valence-electron chi connectivity index (χ4n) is 0.831. The van der Waals surface area contributed by atoms with Crippen LogP contribution in [0.4, 0.5) is 5.69 Å². The molecule has 0 aliphatic carbocycles. The van der Waals surface area contributed by atoms with Gasteiger partial charge in [-0.1, -0.05) is 18.5 Å². The lowest BCUT2D eigenvalue weighted by molar-refractivity contribution is 1.11. The lowest BCUT2D eigenvalue weighted by Crippen LogP contribution is -1.94. The van der Waals surface area contributed by atoms with Crippen LogP contribution >= 0.6 is 21.5 Å². The van der Waals surface area contributed by atoms with Crippen LogP contribution in [-0.2, 0) is 6.42 Å². The number of nitrogen functional groups attached to an aromatic ring is 1. The molecule has 1 rings (SSSR count). The van der Waals surface area contributed by atoms with Crippen LogP contribution < -0.4 is 5.73 Å². The summed E-state index contributed by atoms with van der Waals surface area (Å²) in [5, 5.41) is 0.516. The number of aromatic nitrogens is 1. The van der Waals surface area contributed by atoms with E-state index in [9.17, 15) is 0 Å². The van der Waals surface area contributed by atoms with Gasteiger partial charge in [-0.3, -0.25) is 0 Å². The molecular weight excluding hydrogens is 179 g/mol. The lowest BCUT2D eigenvalue weighted by Gasteiger charge is -2.01. The predicted octanol–water partition coefficient (Wildman–Crippen LogP) is 1.94. The SMILES string of the molecule is CCc1c(N)ccnc1Cl.P. The summed E-state index contributed by atoms with van der Waals surface area (Å²) >= 11 is 5.74. The molecule has 0 radical (unpaired) electrons. The Morgan fingerprint density at radius 1 is 1.64 bits per heavy atom. The molecule has 2 nitrogen and oxygen atoms in total. The molecule has 1 unspecified atom stereocenters. The third-order valence-corrected chi connectivity index (χ3v) is 1.72. The molecule has 2 N–H and O–H groups in total. The summed E-state index contributed by atoms with van der Waals surface area (Å²) in [4.78, 5) is 3.90. The molecule has 0 aliphatic rings. The first-order chi connectivity index (χ1) is 4.75. The summed E-state index contributed by atoms with van der Waals surface area (Å²) in [7, 11) is 0. The van der Waals surface area contributed by atoms with Gasteiger partial charge in [0.25, 0.3) is 0 Å². The average molecular weight is 191 g/mol. The second-order valence-corrected chi connectivity index (χ2v) is 2.38. The second-order valence-electron chi connectivity index (χ2n) is 2.02. The molecule has 0 bridgehead atoms. The molecule has 0 fully saturated rings. The third kappa shape index (κ3) is 2.32. The van der Waals surface area contributed by atoms with Crippen molar-refractivity contribution in [2.45, 2.75) is 13.3 Å². The zero-order valence-electron chi connectivity index (χ0n) is 6.47. The van der Waals surface area contributed by atoms with E-state index in [-0.39, 0.29) is 9.90 Å². The number of pyridine rings is 1. The Labute approximate surface area is 74.8 Å². The monoisotopic (exact) mass is 190 g/mol. The van der Waals surface area contributed by atoms with Crippen molar-refractivity contribution in [3.05, 3.63) is 23.0 Å². The van der Waals surface area contributed by atoms with Gasteiger partial charge in [0, 0.05) is 17.4 Å². The molecule has 62 valence electrons. The van der Waals surface area contributed by atoms with E-state index in [1.807, 2.05) is 6.92 Å². The first kappa shape index (κ1) is 10.7. The molecular formula is C7H12ClN2P. The highest BCUT2D eigenvalue weighted by molar-refractivity contribution is 6.92. The summed E-state index contributed by atoms with van der Waals surface area (Å²) in [5.74, 6) is 0. The Bertz CT molecular complexity index is 220. The van der Waals surface area contributed by atoms with Gasteiger partial charge in [-0.25, -0.2) is 4.98 Å². The fourth-order valence-corrected chi connectivity index (χ4v) is 1.13. The summed E-state index contributed by atoms with van der Waals surface area (Å²) in [6.45, 7) is 2.00. The van der Waals surface area contributed by atoms with Gasteiger partial charge in [0.05, 0.1) is 0 Å². The first-order valence-electron chi connectivity index (χ1n) is 3.14. The first-order valence-corrected chi connectivity index (χ1v) is 3.52. The van der Waals surface area contributed by atoms with Gasteiger partial charge in [0.2, 0.25) is 0 Å². The van der Waals surface area contributed by atoms with Gasteiger partial charge < -0.3 is 5.73 Å². The van der Waals surface area contributed by atoms with E-state index in [0.717, 1.165) is 17.7 Å². The summed E-state index contributed by atoms with van der Waals surface area (Å²) in [5.41, 5.74) is 7.27. The van der Waals surface area contributed by atoms with Crippen molar-refractivity contribution < 1.29 is 0 Å². The third-order valence-electron chi connectivity index (χ3n) is 1.39. The minimum Gasteiger partial charge on any atom is -0.398 e. The summed E-state index contributed by atoms with van der Waals surface area (Å²) in [6.07, 6.45) is 2.44. The van der Waals surface area contributed by atoms with Crippen LogP contribution in [0, 0.1) is 0 Å². The topological polar surface area (TPSA) is 38.9 Å². The van der Waals surface area contributed by atoms with Crippen molar-refractivity contribution in [2.75, 3.05) is 5.73 Å². The van der Waals surface area contributed by atoms with E-state index >= 15 is 0 Å². The number of hydrogen-bond acceptors (Lipinski definition) is 2. The Morgan fingerprint density at radius 2 is 2.27 bits per heavy atom. The van der Waals surface area contributed by atoms with E-state index in [1.165, 1.54) is 0 Å². The maximum absolute atomic E-state index is 5.74. The number of halogens is 1. The molecule has 0 aromatic carbocycles. The van der Waals surface area contributed by atoms with Crippen LogP contribution in [0.5, 0.6) is 0 Å². The Kier molecular flexibility index (Phi) is 4.39. The predicted molar refractivity (Wildman–Crippen MR) is 54.1 cm³/mol. The number of anilines is 1. The van der Waals surface area contributed by atoms with Crippen molar-refractivity contribution in [1.29, 1.82) is 0 Å². The average Bonchev–Trinajstić information content (AvgIpc) is 1.88. The molecule has 1 atom stereocenters. The lowest BCUT2D eigenvalue weighted by atomic mass is 10.2. The molecule has 0 saturated carbocycles. The molecule has 0 amide bonds. The van der Waals surface area contributed by atoms with Crippen molar-refractivity contribution in [3.63, 3.8) is 0 Å². The van der Waals surface area contributed by atoms with E-state index < -0.39 is 0 Å². The van der Waals surface area contributed by atoms with Crippen LogP contribution in [0.2, 0.25) is 5.15 Å². The molecule has 1 aromatic heterocycles. The van der Waals surface area contributed by atoms with Gasteiger partial charge in [-0.2, -0.15) is 9.90 Å². The van der Waals surface area contributed by atoms with Crippen molar-refractivity contribution >= 4 is 27.2 Å². The molecule has 0 aliphatic heterocycles. The molecule has 0 spiro atoms. The van der Waals surface area contributed by atoms with E-state index in [2.05, 4.69) is 4.98 Å². The molecule has 1 heterocycles. The summed E-state index contributed by atoms with van der Waals surface area (Å²) < 4.78 is 0. The Balaban J connectivity index is 0.000001000. The number of rotatable bonds is 1. The smallest absolute Gasteiger partial charge is 0.134 e. The van der Waals surface area contributed by atoms with Crippen molar-refractivity contribution in [2.24, 2.45) is 0 Å². The number of nitrogens with zero attached hydrogens (tertiary/aromatic N) is 1. The standard InChI is InChI=1S/C7H9ClN2.H3P/c1-2-5-6(9)3-4-10-7(5)8;/h3-4H,2H2,1H3,(H2,9,10);1H3. The maximum Gasteiger partial charge on any atom is 0.134 e. The van der Waals surface area contributed by atoms with Gasteiger partial charge in [0.15, 0.2) is 0 Å². The minimum atomic E-state index is 0. The highest BCUT2D eigenvalue weighted by atomic mass is 35.5. The highest BCUT2D eigenvalue weighted by Gasteiger charge is 2.00. The molecule has 1 aromatic rings. The van der Waals surface area contributed by atoms with Crippen molar-refractivity contribution in [3.8, 4) is 0 Å². The Morgan fingerprint density at radius 3 is 2.64 bits per heavy atom. The zero-order chi connectivity index (χ0) is 7.56. The van der Waals surface area contributed by atoms with Crippen LogP contribution in [0.25, 0.3) is 0 Å². The molecule has 11 heavy (non-hydrogen) atoms. The highest BCUT2D eigenvalue weighted by Crippen LogP contribution is 2.18. The van der Waals surface area contributed by atoms with Crippen molar-refractivity contribution in [1.82, 2.24) is 4.98 Å². The van der Waals surface area contributed by atoms with Crippen LogP contribution in [0.1, 0.15) is 12.5 Å². The molecule has 0 saturated heterocycles.